The molecule has 1 aromatic heterocycles. The van der Waals surface area contributed by atoms with Crippen LogP contribution >= 0.6 is 0 Å². The van der Waals surface area contributed by atoms with E-state index in [1.54, 1.807) is 12.1 Å². The Bertz CT molecular complexity index is 925. The predicted molar refractivity (Wildman–Crippen MR) is 87.5 cm³/mol. The third-order valence-electron chi connectivity index (χ3n) is 3.70. The van der Waals surface area contributed by atoms with Crippen molar-refractivity contribution < 1.29 is 22.6 Å². The molecule has 0 bridgehead atoms. The highest BCUT2D eigenvalue weighted by Crippen LogP contribution is 2.37. The first-order valence-corrected chi connectivity index (χ1v) is 7.20. The van der Waals surface area contributed by atoms with Crippen molar-refractivity contribution in [2.75, 3.05) is 20.0 Å². The van der Waals surface area contributed by atoms with Gasteiger partial charge in [0.1, 0.15) is 0 Å². The summed E-state index contributed by atoms with van der Waals surface area (Å²) in [4.78, 5) is 8.34. The van der Waals surface area contributed by atoms with Crippen molar-refractivity contribution in [2.24, 2.45) is 0 Å². The van der Waals surface area contributed by atoms with Gasteiger partial charge in [0.15, 0.2) is 11.5 Å². The Balaban J connectivity index is 2.21. The van der Waals surface area contributed by atoms with Crippen molar-refractivity contribution in [2.45, 2.75) is 6.18 Å². The van der Waals surface area contributed by atoms with Gasteiger partial charge in [0.25, 0.3) is 0 Å². The Labute approximate surface area is 141 Å². The minimum Gasteiger partial charge on any atom is -0.493 e. The number of ether oxygens (including phenoxy) is 2. The number of fused-ring (bicyclic) bond motifs is 1. The summed E-state index contributed by atoms with van der Waals surface area (Å²) >= 11 is 0. The lowest BCUT2D eigenvalue weighted by Crippen LogP contribution is -2.04. The Morgan fingerprint density at radius 1 is 0.920 bits per heavy atom. The Morgan fingerprint density at radius 3 is 2.08 bits per heavy atom. The van der Waals surface area contributed by atoms with Crippen LogP contribution in [0.5, 0.6) is 11.5 Å². The van der Waals surface area contributed by atoms with Gasteiger partial charge in [-0.05, 0) is 18.2 Å². The number of rotatable bonds is 3. The lowest BCUT2D eigenvalue weighted by Gasteiger charge is -2.12. The van der Waals surface area contributed by atoms with Gasteiger partial charge in [0.2, 0.25) is 5.95 Å². The molecule has 0 radical (unpaired) electrons. The molecule has 0 amide bonds. The topological polar surface area (TPSA) is 70.3 Å². The normalized spacial score (nSPS) is 11.6. The fourth-order valence-corrected chi connectivity index (χ4v) is 2.51. The van der Waals surface area contributed by atoms with Crippen molar-refractivity contribution in [3.8, 4) is 22.8 Å². The van der Waals surface area contributed by atoms with Crippen molar-refractivity contribution in [1.82, 2.24) is 9.97 Å². The number of benzene rings is 2. The number of hydrogen-bond acceptors (Lipinski definition) is 5. The van der Waals surface area contributed by atoms with Crippen LogP contribution in [-0.4, -0.2) is 24.2 Å². The number of hydrogen-bond donors (Lipinski definition) is 1. The fourth-order valence-electron chi connectivity index (χ4n) is 2.51. The summed E-state index contributed by atoms with van der Waals surface area (Å²) in [6.45, 7) is 0. The monoisotopic (exact) mass is 349 g/mol. The Hall–Kier alpha value is -3.03. The quantitative estimate of drug-likeness (QED) is 0.776. The molecule has 3 rings (SSSR count). The van der Waals surface area contributed by atoms with Crippen LogP contribution in [0.25, 0.3) is 22.2 Å². The number of nitrogens with zero attached hydrogens (tertiary/aromatic N) is 2. The van der Waals surface area contributed by atoms with Gasteiger partial charge in [0.05, 0.1) is 31.0 Å². The first kappa shape index (κ1) is 16.8. The van der Waals surface area contributed by atoms with Gasteiger partial charge in [-0.1, -0.05) is 12.1 Å². The van der Waals surface area contributed by atoms with Crippen LogP contribution < -0.4 is 15.2 Å². The largest absolute Gasteiger partial charge is 0.493 e. The van der Waals surface area contributed by atoms with Gasteiger partial charge >= 0.3 is 6.18 Å². The van der Waals surface area contributed by atoms with Crippen molar-refractivity contribution in [1.29, 1.82) is 0 Å². The average molecular weight is 349 g/mol. The first-order chi connectivity index (χ1) is 11.8. The highest BCUT2D eigenvalue weighted by atomic mass is 19.4. The molecule has 0 saturated carbocycles. The summed E-state index contributed by atoms with van der Waals surface area (Å²) in [6.07, 6.45) is -4.40. The van der Waals surface area contributed by atoms with E-state index >= 15 is 0 Å². The fraction of sp³-hybridized carbons (Fsp3) is 0.176. The van der Waals surface area contributed by atoms with E-state index in [4.69, 9.17) is 15.2 Å². The molecular formula is C17H14F3N3O2. The molecule has 1 heterocycles. The molecule has 8 heteroatoms. The average Bonchev–Trinajstić information content (AvgIpc) is 2.59. The lowest BCUT2D eigenvalue weighted by molar-refractivity contribution is -0.137. The highest BCUT2D eigenvalue weighted by molar-refractivity contribution is 5.95. The van der Waals surface area contributed by atoms with E-state index in [9.17, 15) is 13.2 Å². The zero-order valence-electron chi connectivity index (χ0n) is 13.4. The number of methoxy groups -OCH3 is 2. The molecule has 130 valence electrons. The van der Waals surface area contributed by atoms with Gasteiger partial charge in [0, 0.05) is 17.0 Å². The maximum Gasteiger partial charge on any atom is 0.416 e. The van der Waals surface area contributed by atoms with Crippen LogP contribution in [0.15, 0.2) is 36.4 Å². The van der Waals surface area contributed by atoms with Crippen LogP contribution in [0.2, 0.25) is 0 Å². The first-order valence-electron chi connectivity index (χ1n) is 7.20. The lowest BCUT2D eigenvalue weighted by atomic mass is 10.0. The van der Waals surface area contributed by atoms with Crippen molar-refractivity contribution >= 4 is 16.9 Å². The zero-order valence-corrected chi connectivity index (χ0v) is 13.4. The molecular weight excluding hydrogens is 335 g/mol. The predicted octanol–water partition coefficient (Wildman–Crippen LogP) is 3.92. The second kappa shape index (κ2) is 6.12. The molecule has 0 unspecified atom stereocenters. The summed E-state index contributed by atoms with van der Waals surface area (Å²) < 4.78 is 48.7. The van der Waals surface area contributed by atoms with E-state index in [1.807, 2.05) is 0 Å². The van der Waals surface area contributed by atoms with Gasteiger partial charge in [-0.2, -0.15) is 13.2 Å². The van der Waals surface area contributed by atoms with Crippen LogP contribution in [0.4, 0.5) is 19.1 Å². The molecule has 0 saturated heterocycles. The second-order valence-corrected chi connectivity index (χ2v) is 5.23. The van der Waals surface area contributed by atoms with Gasteiger partial charge < -0.3 is 15.2 Å². The van der Waals surface area contributed by atoms with E-state index in [0.717, 1.165) is 12.1 Å². The summed E-state index contributed by atoms with van der Waals surface area (Å²) in [5.74, 6) is 0.928. The summed E-state index contributed by atoms with van der Waals surface area (Å²) in [5.41, 5.74) is 6.41. The Kier molecular flexibility index (Phi) is 4.12. The minimum absolute atomic E-state index is 0.00891. The van der Waals surface area contributed by atoms with Crippen molar-refractivity contribution in [3.05, 3.63) is 42.0 Å². The number of halogens is 3. The molecule has 25 heavy (non-hydrogen) atoms. The van der Waals surface area contributed by atoms with Crippen LogP contribution in [0.1, 0.15) is 5.56 Å². The molecule has 0 aliphatic rings. The van der Waals surface area contributed by atoms with Crippen LogP contribution in [0.3, 0.4) is 0 Å². The molecule has 0 aliphatic carbocycles. The van der Waals surface area contributed by atoms with E-state index in [1.165, 1.54) is 26.4 Å². The molecule has 2 aromatic carbocycles. The number of aromatic nitrogens is 2. The standard InChI is InChI=1S/C17H14F3N3O2/c1-24-13-7-11-12(8-14(13)25-2)22-16(21)23-15(11)9-3-5-10(6-4-9)17(18,19)20/h3-8H,1-2H3,(H2,21,22,23). The SMILES string of the molecule is COc1cc2nc(N)nc(-c3ccc(C(F)(F)F)cc3)c2cc1OC. The van der Waals surface area contributed by atoms with E-state index in [2.05, 4.69) is 9.97 Å². The second-order valence-electron chi connectivity index (χ2n) is 5.23. The zero-order chi connectivity index (χ0) is 18.2. The number of nitrogen functional groups attached to an aromatic ring is 1. The highest BCUT2D eigenvalue weighted by Gasteiger charge is 2.30. The van der Waals surface area contributed by atoms with Gasteiger partial charge in [-0.15, -0.1) is 0 Å². The van der Waals surface area contributed by atoms with E-state index < -0.39 is 11.7 Å². The summed E-state index contributed by atoms with van der Waals surface area (Å²) in [6, 6.07) is 8.00. The van der Waals surface area contributed by atoms with Gasteiger partial charge in [-0.3, -0.25) is 0 Å². The summed E-state index contributed by atoms with van der Waals surface area (Å²) in [7, 11) is 2.98. The third-order valence-corrected chi connectivity index (χ3v) is 3.70. The molecule has 0 spiro atoms. The molecule has 0 aliphatic heterocycles. The van der Waals surface area contributed by atoms with Crippen molar-refractivity contribution in [3.63, 3.8) is 0 Å². The molecule has 5 nitrogen and oxygen atoms in total. The number of anilines is 1. The molecule has 0 fully saturated rings. The number of nitrogens with two attached hydrogens (primary N) is 1. The Morgan fingerprint density at radius 2 is 1.52 bits per heavy atom. The maximum atomic E-state index is 12.7. The van der Waals surface area contributed by atoms with E-state index in [0.29, 0.717) is 33.7 Å². The van der Waals surface area contributed by atoms with Gasteiger partial charge in [-0.25, -0.2) is 9.97 Å². The molecule has 2 N–H and O–H groups in total. The third kappa shape index (κ3) is 3.15. The molecule has 3 aromatic rings. The number of alkyl halides is 3. The maximum absolute atomic E-state index is 12.7. The van der Waals surface area contributed by atoms with Crippen LogP contribution in [-0.2, 0) is 6.18 Å². The van der Waals surface area contributed by atoms with Crippen LogP contribution in [0, 0.1) is 0 Å². The summed E-state index contributed by atoms with van der Waals surface area (Å²) in [5, 5.41) is 0.589. The molecule has 0 atom stereocenters. The smallest absolute Gasteiger partial charge is 0.416 e. The minimum atomic E-state index is -4.40. The van der Waals surface area contributed by atoms with E-state index in [-0.39, 0.29) is 5.95 Å².